The number of aliphatic hydroxyl groups is 2. The van der Waals surface area contributed by atoms with Crippen LogP contribution in [0.1, 0.15) is 5.76 Å². The molecular weight excluding hydrogens is 326 g/mol. The van der Waals surface area contributed by atoms with Crippen LogP contribution in [-0.4, -0.2) is 46.2 Å². The maximum atomic E-state index is 10.8. The second-order valence-corrected chi connectivity index (χ2v) is 6.01. The summed E-state index contributed by atoms with van der Waals surface area (Å²) in [6, 6.07) is 3.38. The molecule has 0 atom stereocenters. The third-order valence-electron chi connectivity index (χ3n) is 1.84. The van der Waals surface area contributed by atoms with E-state index in [0.717, 1.165) is 0 Å². The number of aliphatic hydroxyl groups excluding tert-OH is 2. The van der Waals surface area contributed by atoms with Gasteiger partial charge in [-0.3, -0.25) is 0 Å². The van der Waals surface area contributed by atoms with Crippen molar-refractivity contribution in [2.24, 2.45) is 10.9 Å². The van der Waals surface area contributed by atoms with E-state index in [1.165, 1.54) is 11.2 Å². The first kappa shape index (κ1) is 18.6. The number of rotatable bonds is 5. The average molecular weight is 341 g/mol. The van der Waals surface area contributed by atoms with Crippen molar-refractivity contribution in [1.82, 2.24) is 4.90 Å². The lowest BCUT2D eigenvalue weighted by Gasteiger charge is -2.19. The van der Waals surface area contributed by atoms with Crippen LogP contribution in [0.3, 0.4) is 0 Å². The fraction of sp³-hybridized carbons (Fsp3) is 0.333. The third-order valence-corrected chi connectivity index (χ3v) is 2.85. The van der Waals surface area contributed by atoms with Crippen LogP contribution in [0.25, 0.3) is 0 Å². The van der Waals surface area contributed by atoms with Gasteiger partial charge in [0.1, 0.15) is 5.76 Å². The van der Waals surface area contributed by atoms with Gasteiger partial charge in [-0.25, -0.2) is 13.6 Å². The van der Waals surface area contributed by atoms with Crippen molar-refractivity contribution >= 4 is 44.8 Å². The summed E-state index contributed by atoms with van der Waals surface area (Å²) in [5, 5.41) is 20.7. The molecule has 0 saturated heterocycles. The molecule has 1 aromatic rings. The number of thiocarbonyl (C=S) groups is 2. The number of primary sulfonamides is 1. The van der Waals surface area contributed by atoms with Gasteiger partial charge in [-0.15, -0.1) is 0 Å². The quantitative estimate of drug-likeness (QED) is 0.544. The van der Waals surface area contributed by atoms with Gasteiger partial charge in [0.25, 0.3) is 10.3 Å². The fourth-order valence-corrected chi connectivity index (χ4v) is 1.70. The van der Waals surface area contributed by atoms with Gasteiger partial charge in [0.15, 0.2) is 0 Å². The number of sulfonamides is 1. The molecule has 6 N–H and O–H groups in total. The van der Waals surface area contributed by atoms with Gasteiger partial charge < -0.3 is 25.3 Å². The molecule has 0 saturated carbocycles. The molecule has 0 amide bonds. The first-order valence-corrected chi connectivity index (χ1v) is 7.64. The number of furan rings is 1. The van der Waals surface area contributed by atoms with Gasteiger partial charge in [0, 0.05) is 6.54 Å². The van der Waals surface area contributed by atoms with E-state index in [1.54, 1.807) is 12.1 Å². The summed E-state index contributed by atoms with van der Waals surface area (Å²) in [4.78, 5) is 1.29. The second kappa shape index (κ2) is 8.68. The highest BCUT2D eigenvalue weighted by Crippen LogP contribution is 2.05. The standard InChI is InChI=1S/C8H12N2O4S2.CH3NOS/c9-16(12,13)5-3-10(8(11)15)6-7-2-1-4-14-7;2-1(3)4/h1-2,4H,3,5-6H2,(H,11,15)(H2,9,12,13);(H3,2,3,4). The molecule has 0 unspecified atom stereocenters. The Morgan fingerprint density at radius 3 is 2.30 bits per heavy atom. The predicted molar refractivity (Wildman–Crippen MR) is 81.7 cm³/mol. The first-order valence-electron chi connectivity index (χ1n) is 5.11. The Hall–Kier alpha value is -1.43. The van der Waals surface area contributed by atoms with Crippen LogP contribution in [0.4, 0.5) is 0 Å². The summed E-state index contributed by atoms with van der Waals surface area (Å²) in [5.74, 6) is 0.292. The van der Waals surface area contributed by atoms with Crippen molar-refractivity contribution in [3.8, 4) is 0 Å². The third kappa shape index (κ3) is 10.5. The molecule has 0 fully saturated rings. The smallest absolute Gasteiger partial charge is 0.257 e. The topological polar surface area (TPSA) is 143 Å². The van der Waals surface area contributed by atoms with Crippen molar-refractivity contribution in [2.45, 2.75) is 6.54 Å². The molecule has 0 bridgehead atoms. The molecule has 0 spiro atoms. The Morgan fingerprint density at radius 2 is 1.95 bits per heavy atom. The maximum Gasteiger partial charge on any atom is 0.257 e. The minimum absolute atomic E-state index is 0.0227. The van der Waals surface area contributed by atoms with E-state index >= 15 is 0 Å². The largest absolute Gasteiger partial charge is 0.487 e. The number of hydrogen-bond donors (Lipinski definition) is 4. The molecular formula is C9H15N3O5S3. The Kier molecular flexibility index (Phi) is 8.06. The molecule has 0 aliphatic rings. The highest BCUT2D eigenvalue weighted by molar-refractivity contribution is 7.89. The van der Waals surface area contributed by atoms with Crippen LogP contribution < -0.4 is 10.9 Å². The molecule has 1 heterocycles. The summed E-state index contributed by atoms with van der Waals surface area (Å²) < 4.78 is 26.6. The highest BCUT2D eigenvalue weighted by atomic mass is 32.2. The van der Waals surface area contributed by atoms with E-state index in [2.05, 4.69) is 30.2 Å². The van der Waals surface area contributed by atoms with E-state index in [0.29, 0.717) is 5.76 Å². The molecule has 11 heteroatoms. The average Bonchev–Trinajstić information content (AvgIpc) is 2.74. The molecule has 0 aliphatic heterocycles. The SMILES string of the molecule is NC(O)=S.NS(=O)(=O)CCN(Cc1ccco1)C(O)=S. The van der Waals surface area contributed by atoms with Crippen molar-refractivity contribution in [2.75, 3.05) is 12.3 Å². The summed E-state index contributed by atoms with van der Waals surface area (Å²) in [6.45, 7) is 0.229. The number of nitrogens with zero attached hydrogens (tertiary/aromatic N) is 1. The molecule has 114 valence electrons. The number of nitrogens with two attached hydrogens (primary N) is 2. The lowest BCUT2D eigenvalue weighted by atomic mass is 10.4. The Morgan fingerprint density at radius 1 is 1.40 bits per heavy atom. The lowest BCUT2D eigenvalue weighted by Crippen LogP contribution is -2.34. The van der Waals surface area contributed by atoms with Gasteiger partial charge in [-0.2, -0.15) is 0 Å². The Balaban J connectivity index is 0.000000796. The van der Waals surface area contributed by atoms with Crippen LogP contribution in [-0.2, 0) is 16.6 Å². The van der Waals surface area contributed by atoms with Crippen LogP contribution in [0.5, 0.6) is 0 Å². The zero-order valence-electron chi connectivity index (χ0n) is 10.3. The number of hydrogen-bond acceptors (Lipinski definition) is 5. The molecule has 8 nitrogen and oxygen atoms in total. The van der Waals surface area contributed by atoms with Crippen molar-refractivity contribution in [3.63, 3.8) is 0 Å². The van der Waals surface area contributed by atoms with Gasteiger partial charge >= 0.3 is 0 Å². The van der Waals surface area contributed by atoms with Crippen molar-refractivity contribution in [3.05, 3.63) is 24.2 Å². The monoisotopic (exact) mass is 341 g/mol. The van der Waals surface area contributed by atoms with E-state index in [1.807, 2.05) is 0 Å². The fourth-order valence-electron chi connectivity index (χ4n) is 1.07. The first-order chi connectivity index (χ1) is 9.11. The van der Waals surface area contributed by atoms with Gasteiger partial charge in [-0.1, -0.05) is 0 Å². The Labute approximate surface area is 127 Å². The summed E-state index contributed by atoms with van der Waals surface area (Å²) in [7, 11) is -3.57. The molecule has 20 heavy (non-hydrogen) atoms. The second-order valence-electron chi connectivity index (χ2n) is 3.49. The summed E-state index contributed by atoms with van der Waals surface area (Å²) >= 11 is 8.45. The maximum absolute atomic E-state index is 10.8. The zero-order chi connectivity index (χ0) is 15.8. The van der Waals surface area contributed by atoms with Crippen LogP contribution in [0, 0.1) is 0 Å². The van der Waals surface area contributed by atoms with Crippen LogP contribution in [0.2, 0.25) is 0 Å². The summed E-state index contributed by atoms with van der Waals surface area (Å²) in [5.41, 5.74) is 4.40. The van der Waals surface area contributed by atoms with Gasteiger partial charge in [-0.05, 0) is 36.6 Å². The summed E-state index contributed by atoms with van der Waals surface area (Å²) in [6.07, 6.45) is 1.48. The van der Waals surface area contributed by atoms with E-state index < -0.39 is 15.2 Å². The van der Waals surface area contributed by atoms with Gasteiger partial charge in [0.05, 0.1) is 18.6 Å². The molecule has 1 aromatic heterocycles. The van der Waals surface area contributed by atoms with Crippen molar-refractivity contribution < 1.29 is 23.0 Å². The zero-order valence-corrected chi connectivity index (χ0v) is 12.7. The molecule has 1 rings (SSSR count). The van der Waals surface area contributed by atoms with Crippen LogP contribution in [0.15, 0.2) is 22.8 Å². The van der Waals surface area contributed by atoms with Gasteiger partial charge in [0.2, 0.25) is 10.0 Å². The minimum atomic E-state index is -3.57. The van der Waals surface area contributed by atoms with Crippen LogP contribution >= 0.6 is 24.4 Å². The van der Waals surface area contributed by atoms with E-state index in [-0.39, 0.29) is 24.0 Å². The molecule has 0 aromatic carbocycles. The van der Waals surface area contributed by atoms with Crippen molar-refractivity contribution in [1.29, 1.82) is 0 Å². The molecule has 0 radical (unpaired) electrons. The normalized spacial score (nSPS) is 10.2. The highest BCUT2D eigenvalue weighted by Gasteiger charge is 2.13. The van der Waals surface area contributed by atoms with E-state index in [4.69, 9.17) is 14.7 Å². The Bertz CT molecular complexity index is 525. The minimum Gasteiger partial charge on any atom is -0.487 e. The lowest BCUT2D eigenvalue weighted by molar-refractivity contribution is 0.322. The predicted octanol–water partition coefficient (Wildman–Crippen LogP) is 0.00100. The molecule has 0 aliphatic carbocycles. The van der Waals surface area contributed by atoms with E-state index in [9.17, 15) is 13.5 Å².